The number of rotatable bonds is 7. The van der Waals surface area contributed by atoms with Crippen molar-refractivity contribution in [2.45, 2.75) is 25.6 Å². The highest BCUT2D eigenvalue weighted by atomic mass is 16.6. The van der Waals surface area contributed by atoms with Gasteiger partial charge in [-0.25, -0.2) is 9.59 Å². The van der Waals surface area contributed by atoms with Crippen LogP contribution in [0, 0.1) is 17.3 Å². The van der Waals surface area contributed by atoms with E-state index in [0.29, 0.717) is 5.57 Å². The predicted molar refractivity (Wildman–Crippen MR) is 97.3 cm³/mol. The van der Waals surface area contributed by atoms with Gasteiger partial charge in [-0.2, -0.15) is 0 Å². The Morgan fingerprint density at radius 2 is 2.04 bits per heavy atom. The number of aliphatic hydroxyl groups excluding tert-OH is 3. The minimum atomic E-state index is -1.01. The van der Waals surface area contributed by atoms with E-state index in [9.17, 15) is 24.9 Å². The molecule has 2 rings (SSSR count). The van der Waals surface area contributed by atoms with Crippen molar-refractivity contribution in [3.8, 4) is 0 Å². The summed E-state index contributed by atoms with van der Waals surface area (Å²) in [5, 5.41) is 29.0. The number of esters is 2. The summed E-state index contributed by atoms with van der Waals surface area (Å²) in [6.07, 6.45) is 1.48. The number of hydrogen-bond acceptors (Lipinski definition) is 7. The molecule has 0 spiro atoms. The number of carbonyl (C=O) groups excluding carboxylic acids is 2. The lowest BCUT2D eigenvalue weighted by Crippen LogP contribution is -2.54. The third-order valence-electron chi connectivity index (χ3n) is 5.57. The molecule has 1 heterocycles. The van der Waals surface area contributed by atoms with Gasteiger partial charge < -0.3 is 24.8 Å². The third-order valence-corrected chi connectivity index (χ3v) is 5.57. The maximum Gasteiger partial charge on any atom is 0.336 e. The number of carbonyl (C=O) groups is 2. The van der Waals surface area contributed by atoms with E-state index in [0.717, 1.165) is 0 Å². The predicted octanol–water partition coefficient (Wildman–Crippen LogP) is 0.668. The summed E-state index contributed by atoms with van der Waals surface area (Å²) in [4.78, 5) is 24.5. The zero-order valence-corrected chi connectivity index (χ0v) is 15.4. The summed E-state index contributed by atoms with van der Waals surface area (Å²) < 4.78 is 11.0. The van der Waals surface area contributed by atoms with Crippen LogP contribution < -0.4 is 0 Å². The van der Waals surface area contributed by atoms with Crippen molar-refractivity contribution in [1.29, 1.82) is 0 Å². The first kappa shape index (κ1) is 21.1. The van der Waals surface area contributed by atoms with Gasteiger partial charge in [0, 0.05) is 16.9 Å². The van der Waals surface area contributed by atoms with Crippen LogP contribution in [0.3, 0.4) is 0 Å². The average molecular weight is 378 g/mol. The fourth-order valence-electron chi connectivity index (χ4n) is 4.05. The van der Waals surface area contributed by atoms with E-state index in [1.807, 2.05) is 0 Å². The van der Waals surface area contributed by atoms with Gasteiger partial charge in [0.2, 0.25) is 0 Å². The van der Waals surface area contributed by atoms with Crippen LogP contribution in [-0.4, -0.2) is 59.3 Å². The van der Waals surface area contributed by atoms with Crippen LogP contribution >= 0.6 is 0 Å². The lowest BCUT2D eigenvalue weighted by molar-refractivity contribution is -0.162. The second-order valence-electron chi connectivity index (χ2n) is 6.93. The maximum atomic E-state index is 12.4. The van der Waals surface area contributed by atoms with Gasteiger partial charge in [0.15, 0.2) is 0 Å². The Morgan fingerprint density at radius 1 is 1.37 bits per heavy atom. The molecule has 0 aromatic carbocycles. The Bertz CT molecular complexity index is 692. The van der Waals surface area contributed by atoms with E-state index in [1.165, 1.54) is 12.2 Å². The third kappa shape index (κ3) is 3.50. The van der Waals surface area contributed by atoms with E-state index in [4.69, 9.17) is 9.47 Å². The molecule has 0 aromatic heterocycles. The van der Waals surface area contributed by atoms with Crippen molar-refractivity contribution in [3.63, 3.8) is 0 Å². The molecular formula is C20H26O7. The molecular weight excluding hydrogens is 352 g/mol. The Kier molecular flexibility index (Phi) is 6.41. The largest absolute Gasteiger partial charge is 0.458 e. The molecule has 148 valence electrons. The Balaban J connectivity index is 2.48. The normalized spacial score (nSPS) is 33.3. The zero-order chi connectivity index (χ0) is 20.4. The maximum absolute atomic E-state index is 12.4. The molecule has 7 heteroatoms. The number of aliphatic hydroxyl groups is 3. The van der Waals surface area contributed by atoms with Crippen LogP contribution in [0.4, 0.5) is 0 Å². The van der Waals surface area contributed by atoms with Crippen molar-refractivity contribution >= 4 is 11.9 Å². The van der Waals surface area contributed by atoms with E-state index in [2.05, 4.69) is 19.7 Å². The fraction of sp³-hybridized carbons (Fsp3) is 0.500. The fourth-order valence-corrected chi connectivity index (χ4v) is 4.05. The molecule has 2 aliphatic rings. The molecule has 3 N–H and O–H groups in total. The summed E-state index contributed by atoms with van der Waals surface area (Å²) in [5.41, 5.74) is -0.380. The van der Waals surface area contributed by atoms with Gasteiger partial charge in [0.1, 0.15) is 12.2 Å². The SMILES string of the molecule is C=C[C@]1(CO)C[C@H](OC(=O)/C(=C\C)CO)[C@H]2C(=C)C(=O)O[C@@H]2[C@H]1C(=C)CO. The van der Waals surface area contributed by atoms with Gasteiger partial charge in [-0.15, -0.1) is 6.58 Å². The lowest BCUT2D eigenvalue weighted by atomic mass is 9.58. The molecule has 0 radical (unpaired) electrons. The van der Waals surface area contributed by atoms with E-state index < -0.39 is 48.0 Å². The van der Waals surface area contributed by atoms with Gasteiger partial charge in [0.05, 0.1) is 31.3 Å². The molecule has 1 saturated carbocycles. The van der Waals surface area contributed by atoms with Gasteiger partial charge in [0.25, 0.3) is 0 Å². The van der Waals surface area contributed by atoms with E-state index in [-0.39, 0.29) is 30.8 Å². The molecule has 1 aliphatic carbocycles. The molecule has 5 atom stereocenters. The molecule has 27 heavy (non-hydrogen) atoms. The van der Waals surface area contributed by atoms with E-state index in [1.54, 1.807) is 6.92 Å². The van der Waals surface area contributed by atoms with Crippen molar-refractivity contribution in [1.82, 2.24) is 0 Å². The Hall–Kier alpha value is -2.22. The molecule has 1 aliphatic heterocycles. The van der Waals surface area contributed by atoms with Crippen LogP contribution in [0.15, 0.2) is 48.6 Å². The number of allylic oxidation sites excluding steroid dienone is 1. The zero-order valence-electron chi connectivity index (χ0n) is 15.4. The van der Waals surface area contributed by atoms with Gasteiger partial charge in [-0.05, 0) is 18.9 Å². The summed E-state index contributed by atoms with van der Waals surface area (Å²) in [6.45, 7) is 11.8. The van der Waals surface area contributed by atoms with Crippen LogP contribution in [0.1, 0.15) is 13.3 Å². The number of hydrogen-bond donors (Lipinski definition) is 3. The highest BCUT2D eigenvalue weighted by Crippen LogP contribution is 2.53. The first-order valence-corrected chi connectivity index (χ1v) is 8.70. The molecule has 1 saturated heterocycles. The van der Waals surface area contributed by atoms with Crippen LogP contribution in [0.25, 0.3) is 0 Å². The topological polar surface area (TPSA) is 113 Å². The second-order valence-corrected chi connectivity index (χ2v) is 6.93. The molecule has 0 aromatic rings. The molecule has 0 bridgehead atoms. The first-order valence-electron chi connectivity index (χ1n) is 8.70. The van der Waals surface area contributed by atoms with Crippen molar-refractivity contribution in [2.75, 3.05) is 19.8 Å². The molecule has 2 fully saturated rings. The summed E-state index contributed by atoms with van der Waals surface area (Å²) >= 11 is 0. The lowest BCUT2D eigenvalue weighted by Gasteiger charge is -2.49. The van der Waals surface area contributed by atoms with Gasteiger partial charge in [-0.1, -0.05) is 25.3 Å². The van der Waals surface area contributed by atoms with Crippen LogP contribution in [-0.2, 0) is 19.1 Å². The summed E-state index contributed by atoms with van der Waals surface area (Å²) in [6, 6.07) is 0. The van der Waals surface area contributed by atoms with Crippen LogP contribution in [0.2, 0.25) is 0 Å². The first-order chi connectivity index (χ1) is 12.8. The Morgan fingerprint density at radius 3 is 2.52 bits per heavy atom. The van der Waals surface area contributed by atoms with Crippen molar-refractivity contribution < 1.29 is 34.4 Å². The highest BCUT2D eigenvalue weighted by molar-refractivity contribution is 5.92. The average Bonchev–Trinajstić information content (AvgIpc) is 2.96. The standard InChI is InChI=1S/C20H26O7/c1-5-13(9-22)19(25)26-14-7-20(6-2,10-23)16(11(3)8-21)17-15(14)12(4)18(24)27-17/h5-6,14-17,21-23H,2-4,7-10H2,1H3/b13-5-/t14-,15+,16+,17-,20+/m0/s1. The van der Waals surface area contributed by atoms with Gasteiger partial charge in [-0.3, -0.25) is 0 Å². The second kappa shape index (κ2) is 8.21. The van der Waals surface area contributed by atoms with E-state index >= 15 is 0 Å². The minimum Gasteiger partial charge on any atom is -0.458 e. The number of ether oxygens (including phenoxy) is 2. The van der Waals surface area contributed by atoms with Crippen molar-refractivity contribution in [2.24, 2.45) is 17.3 Å². The smallest absolute Gasteiger partial charge is 0.336 e. The van der Waals surface area contributed by atoms with Crippen LogP contribution in [0.5, 0.6) is 0 Å². The summed E-state index contributed by atoms with van der Waals surface area (Å²) in [7, 11) is 0. The number of fused-ring (bicyclic) bond motifs is 1. The van der Waals surface area contributed by atoms with Gasteiger partial charge >= 0.3 is 11.9 Å². The highest BCUT2D eigenvalue weighted by Gasteiger charge is 2.60. The molecule has 0 amide bonds. The molecule has 7 nitrogen and oxygen atoms in total. The summed E-state index contributed by atoms with van der Waals surface area (Å²) in [5.74, 6) is -2.59. The molecule has 0 unspecified atom stereocenters. The quantitative estimate of drug-likeness (QED) is 0.339. The minimum absolute atomic E-state index is 0.0810. The monoisotopic (exact) mass is 378 g/mol. The Labute approximate surface area is 158 Å². The van der Waals surface area contributed by atoms with Crippen molar-refractivity contribution in [3.05, 3.63) is 48.6 Å².